The number of nitrogens with zero attached hydrogens (tertiary/aromatic N) is 2. The highest BCUT2D eigenvalue weighted by Gasteiger charge is 2.24. The molecular formula is C22H20Cl2N2O3S. The molecule has 5 nitrogen and oxygen atoms in total. The first kappa shape index (κ1) is 22.4. The number of carbonyl (C=O) groups excluding carboxylic acids is 3. The molecule has 1 aliphatic heterocycles. The van der Waals surface area contributed by atoms with E-state index in [-0.39, 0.29) is 11.8 Å². The van der Waals surface area contributed by atoms with Gasteiger partial charge in [0.15, 0.2) is 6.29 Å². The third-order valence-corrected chi connectivity index (χ3v) is 6.81. The summed E-state index contributed by atoms with van der Waals surface area (Å²) < 4.78 is 0. The van der Waals surface area contributed by atoms with Crippen LogP contribution in [0.3, 0.4) is 0 Å². The van der Waals surface area contributed by atoms with Crippen molar-refractivity contribution in [3.63, 3.8) is 0 Å². The number of piperazine rings is 1. The molecule has 156 valence electrons. The van der Waals surface area contributed by atoms with E-state index in [1.807, 2.05) is 0 Å². The summed E-state index contributed by atoms with van der Waals surface area (Å²) in [5.74, 6) is -0.161. The summed E-state index contributed by atoms with van der Waals surface area (Å²) >= 11 is 13.9. The molecule has 1 saturated heterocycles. The molecule has 3 rings (SSSR count). The maximum absolute atomic E-state index is 12.8. The van der Waals surface area contributed by atoms with Crippen molar-refractivity contribution in [1.29, 1.82) is 0 Å². The van der Waals surface area contributed by atoms with E-state index in [0.29, 0.717) is 57.8 Å². The van der Waals surface area contributed by atoms with Crippen molar-refractivity contribution in [1.82, 2.24) is 9.80 Å². The van der Waals surface area contributed by atoms with Crippen molar-refractivity contribution < 1.29 is 14.4 Å². The maximum atomic E-state index is 12.8. The number of benzene rings is 2. The van der Waals surface area contributed by atoms with Gasteiger partial charge >= 0.3 is 0 Å². The average molecular weight is 463 g/mol. The molecule has 1 fully saturated rings. The van der Waals surface area contributed by atoms with Crippen LogP contribution in [0, 0.1) is 0 Å². The van der Waals surface area contributed by atoms with Crippen LogP contribution >= 0.6 is 35.0 Å². The lowest BCUT2D eigenvalue weighted by atomic mass is 10.1. The van der Waals surface area contributed by atoms with E-state index in [0.717, 1.165) is 11.2 Å². The highest BCUT2D eigenvalue weighted by molar-refractivity contribution is 7.99. The SMILES string of the molecule is C=C(C(=O)N1CCN(C(C)=O)CC1)c1ccc(Sc2cccc(Cl)c2C=O)c(Cl)c1. The second kappa shape index (κ2) is 9.69. The summed E-state index contributed by atoms with van der Waals surface area (Å²) in [6, 6.07) is 10.5. The molecule has 30 heavy (non-hydrogen) atoms. The van der Waals surface area contributed by atoms with Crippen molar-refractivity contribution >= 4 is 58.6 Å². The summed E-state index contributed by atoms with van der Waals surface area (Å²) in [5, 5.41) is 0.830. The van der Waals surface area contributed by atoms with Crippen molar-refractivity contribution in [2.45, 2.75) is 16.7 Å². The Hall–Kier alpha value is -2.28. The van der Waals surface area contributed by atoms with Gasteiger partial charge < -0.3 is 9.80 Å². The smallest absolute Gasteiger partial charge is 0.253 e. The van der Waals surface area contributed by atoms with Crippen LogP contribution in [0.1, 0.15) is 22.8 Å². The zero-order valence-corrected chi connectivity index (χ0v) is 18.7. The first-order chi connectivity index (χ1) is 14.3. The largest absolute Gasteiger partial charge is 0.339 e. The molecule has 2 aromatic rings. The van der Waals surface area contributed by atoms with Crippen LogP contribution in [-0.4, -0.2) is 54.1 Å². The molecule has 2 aromatic carbocycles. The molecule has 0 aliphatic carbocycles. The standard InChI is InChI=1S/C22H20Cl2N2O3S/c1-14(22(29)26-10-8-25(9-11-26)15(2)28)16-6-7-21(19(24)12-16)30-20-5-3-4-18(23)17(20)13-27/h3-7,12-13H,1,8-11H2,2H3. The van der Waals surface area contributed by atoms with E-state index in [4.69, 9.17) is 23.2 Å². The molecule has 0 radical (unpaired) electrons. The topological polar surface area (TPSA) is 57.7 Å². The first-order valence-electron chi connectivity index (χ1n) is 9.27. The highest BCUT2D eigenvalue weighted by atomic mass is 35.5. The number of amides is 2. The van der Waals surface area contributed by atoms with Crippen molar-refractivity contribution in [2.24, 2.45) is 0 Å². The van der Waals surface area contributed by atoms with E-state index in [2.05, 4.69) is 6.58 Å². The minimum atomic E-state index is -0.173. The zero-order chi connectivity index (χ0) is 21.8. The predicted molar refractivity (Wildman–Crippen MR) is 120 cm³/mol. The van der Waals surface area contributed by atoms with E-state index in [1.165, 1.54) is 18.7 Å². The average Bonchev–Trinajstić information content (AvgIpc) is 2.74. The predicted octanol–water partition coefficient (Wildman–Crippen LogP) is 4.66. The van der Waals surface area contributed by atoms with Crippen LogP contribution in [0.25, 0.3) is 5.57 Å². The van der Waals surface area contributed by atoms with Crippen LogP contribution in [-0.2, 0) is 9.59 Å². The van der Waals surface area contributed by atoms with Crippen molar-refractivity contribution in [3.05, 3.63) is 64.1 Å². The number of carbonyl (C=O) groups is 3. The van der Waals surface area contributed by atoms with Gasteiger partial charge in [-0.1, -0.05) is 53.7 Å². The van der Waals surface area contributed by atoms with Crippen LogP contribution in [0.15, 0.2) is 52.8 Å². The number of hydrogen-bond acceptors (Lipinski definition) is 4. The minimum absolute atomic E-state index is 0.0123. The summed E-state index contributed by atoms with van der Waals surface area (Å²) in [4.78, 5) is 40.5. The molecule has 0 unspecified atom stereocenters. The third-order valence-electron chi connectivity index (χ3n) is 4.90. The number of aldehydes is 1. The van der Waals surface area contributed by atoms with E-state index in [9.17, 15) is 14.4 Å². The summed E-state index contributed by atoms with van der Waals surface area (Å²) in [7, 11) is 0. The Balaban J connectivity index is 1.73. The lowest BCUT2D eigenvalue weighted by Crippen LogP contribution is -2.50. The monoisotopic (exact) mass is 462 g/mol. The highest BCUT2D eigenvalue weighted by Crippen LogP contribution is 2.37. The number of hydrogen-bond donors (Lipinski definition) is 0. The van der Waals surface area contributed by atoms with Crippen molar-refractivity contribution in [3.8, 4) is 0 Å². The van der Waals surface area contributed by atoms with Crippen LogP contribution in [0.5, 0.6) is 0 Å². The lowest BCUT2D eigenvalue weighted by Gasteiger charge is -2.34. The van der Waals surface area contributed by atoms with Gasteiger partial charge in [-0.3, -0.25) is 14.4 Å². The zero-order valence-electron chi connectivity index (χ0n) is 16.4. The molecule has 0 N–H and O–H groups in total. The minimum Gasteiger partial charge on any atom is -0.339 e. The summed E-state index contributed by atoms with van der Waals surface area (Å²) in [5.41, 5.74) is 1.39. The van der Waals surface area contributed by atoms with Crippen LogP contribution < -0.4 is 0 Å². The molecular weight excluding hydrogens is 443 g/mol. The Labute approximate surface area is 189 Å². The van der Waals surface area contributed by atoms with E-state index < -0.39 is 0 Å². The van der Waals surface area contributed by atoms with Gasteiger partial charge in [-0.25, -0.2) is 0 Å². The fraction of sp³-hybridized carbons (Fsp3) is 0.227. The van der Waals surface area contributed by atoms with Crippen LogP contribution in [0.4, 0.5) is 0 Å². The van der Waals surface area contributed by atoms with Gasteiger partial charge in [-0.2, -0.15) is 0 Å². The summed E-state index contributed by atoms with van der Waals surface area (Å²) in [6.45, 7) is 7.46. The van der Waals surface area contributed by atoms with Gasteiger partial charge in [0.2, 0.25) is 5.91 Å². The molecule has 0 atom stereocenters. The Morgan fingerprint density at radius 1 is 1.00 bits per heavy atom. The molecule has 8 heteroatoms. The fourth-order valence-corrected chi connectivity index (χ4v) is 4.66. The van der Waals surface area contributed by atoms with Crippen molar-refractivity contribution in [2.75, 3.05) is 26.2 Å². The van der Waals surface area contributed by atoms with Gasteiger partial charge in [-0.15, -0.1) is 0 Å². The Kier molecular flexibility index (Phi) is 7.23. The third kappa shape index (κ3) is 4.89. The van der Waals surface area contributed by atoms with Gasteiger partial charge in [0, 0.05) is 54.0 Å². The number of halogens is 2. The Morgan fingerprint density at radius 3 is 2.27 bits per heavy atom. The molecule has 2 amide bonds. The van der Waals surface area contributed by atoms with E-state index in [1.54, 1.807) is 46.2 Å². The molecule has 1 aliphatic rings. The Bertz CT molecular complexity index is 1020. The Morgan fingerprint density at radius 2 is 1.67 bits per heavy atom. The summed E-state index contributed by atoms with van der Waals surface area (Å²) in [6.07, 6.45) is 0.722. The van der Waals surface area contributed by atoms with Gasteiger partial charge in [0.1, 0.15) is 0 Å². The number of rotatable bonds is 5. The normalized spacial score (nSPS) is 13.8. The van der Waals surface area contributed by atoms with Gasteiger partial charge in [-0.05, 0) is 29.8 Å². The quantitative estimate of drug-likeness (QED) is 0.478. The van der Waals surface area contributed by atoms with Gasteiger partial charge in [0.05, 0.1) is 10.0 Å². The first-order valence-corrected chi connectivity index (χ1v) is 10.8. The molecule has 0 spiro atoms. The molecule has 0 aromatic heterocycles. The lowest BCUT2D eigenvalue weighted by molar-refractivity contribution is -0.135. The second-order valence-electron chi connectivity index (χ2n) is 6.79. The van der Waals surface area contributed by atoms with Gasteiger partial charge in [0.25, 0.3) is 5.91 Å². The fourth-order valence-electron chi connectivity index (χ4n) is 3.15. The maximum Gasteiger partial charge on any atom is 0.253 e. The molecule has 0 saturated carbocycles. The van der Waals surface area contributed by atoms with Crippen LogP contribution in [0.2, 0.25) is 10.0 Å². The molecule has 0 bridgehead atoms. The second-order valence-corrected chi connectivity index (χ2v) is 8.69. The van der Waals surface area contributed by atoms with E-state index >= 15 is 0 Å². The molecule has 1 heterocycles.